The first-order valence-corrected chi connectivity index (χ1v) is 16.0. The van der Waals surface area contributed by atoms with Gasteiger partial charge in [0.1, 0.15) is 11.6 Å². The summed E-state index contributed by atoms with van der Waals surface area (Å²) in [6.07, 6.45) is -1.42. The Kier molecular flexibility index (Phi) is 9.72. The number of sulfonamides is 1. The van der Waals surface area contributed by atoms with Crippen LogP contribution in [-0.4, -0.2) is 39.7 Å². The summed E-state index contributed by atoms with van der Waals surface area (Å²) in [5, 5.41) is 0.403. The smallest absolute Gasteiger partial charge is 0.291 e. The molecular formula is C30H29ClF4N4O3S2. The van der Waals surface area contributed by atoms with Crippen LogP contribution in [0, 0.1) is 11.6 Å². The van der Waals surface area contributed by atoms with E-state index in [-0.39, 0.29) is 10.6 Å². The molecule has 0 aliphatic rings. The van der Waals surface area contributed by atoms with E-state index in [1.807, 2.05) is 4.72 Å². The van der Waals surface area contributed by atoms with E-state index in [4.69, 9.17) is 11.8 Å². The van der Waals surface area contributed by atoms with Crippen molar-refractivity contribution < 1.29 is 30.8 Å². The Hall–Kier alpha value is -3.55. The molecule has 0 saturated carbocycles. The molecule has 0 spiro atoms. The lowest BCUT2D eigenvalue weighted by Gasteiger charge is -2.32. The van der Waals surface area contributed by atoms with Crippen molar-refractivity contribution in [3.63, 3.8) is 0 Å². The fourth-order valence-electron chi connectivity index (χ4n) is 4.34. The van der Waals surface area contributed by atoms with Gasteiger partial charge in [0.2, 0.25) is 0 Å². The molecule has 0 aliphatic heterocycles. The first-order chi connectivity index (χ1) is 20.5. The minimum absolute atomic E-state index is 0.106. The number of alkyl halides is 2. The van der Waals surface area contributed by atoms with Crippen molar-refractivity contribution >= 4 is 39.6 Å². The molecule has 4 aromatic rings. The van der Waals surface area contributed by atoms with Gasteiger partial charge in [-0.3, -0.25) is 4.57 Å². The number of hydrogen-bond acceptors (Lipinski definition) is 5. The Morgan fingerprint density at radius 3 is 2.25 bits per heavy atom. The predicted octanol–water partition coefficient (Wildman–Crippen LogP) is 7.84. The lowest BCUT2D eigenvalue weighted by molar-refractivity contribution is 0.146. The normalized spacial score (nSPS) is 12.4. The van der Waals surface area contributed by atoms with Crippen LogP contribution in [-0.2, 0) is 15.4 Å². The van der Waals surface area contributed by atoms with Crippen LogP contribution in [0.25, 0.3) is 5.69 Å². The Bertz CT molecular complexity index is 1750. The van der Waals surface area contributed by atoms with Crippen LogP contribution >= 0.6 is 23.5 Å². The summed E-state index contributed by atoms with van der Waals surface area (Å²) in [6.45, 7) is 6.81. The average molecular weight is 669 g/mol. The molecule has 3 aromatic carbocycles. The second-order valence-electron chi connectivity index (χ2n) is 11.0. The highest BCUT2D eigenvalue weighted by atomic mass is 35.5. The topological polar surface area (TPSA) is 84.3 Å². The van der Waals surface area contributed by atoms with Crippen molar-refractivity contribution in [3.8, 4) is 5.69 Å². The second kappa shape index (κ2) is 12.8. The number of amides is 2. The van der Waals surface area contributed by atoms with Gasteiger partial charge in [0, 0.05) is 28.6 Å². The Balaban J connectivity index is 1.63. The summed E-state index contributed by atoms with van der Waals surface area (Å²) in [5.41, 5.74) is -1.31. The van der Waals surface area contributed by atoms with Crippen LogP contribution in [0.2, 0.25) is 0 Å². The van der Waals surface area contributed by atoms with Crippen molar-refractivity contribution in [3.05, 3.63) is 107 Å². The molecule has 4 rings (SSSR count). The maximum Gasteiger partial charge on any atom is 0.346 e. The van der Waals surface area contributed by atoms with E-state index in [1.54, 1.807) is 44.5 Å². The molecule has 234 valence electrons. The van der Waals surface area contributed by atoms with Crippen molar-refractivity contribution in [2.75, 3.05) is 5.75 Å². The molecule has 0 fully saturated rings. The third kappa shape index (κ3) is 7.05. The molecular weight excluding hydrogens is 640 g/mol. The summed E-state index contributed by atoms with van der Waals surface area (Å²) in [4.78, 5) is 17.3. The molecule has 0 atom stereocenters. The number of benzene rings is 3. The minimum Gasteiger partial charge on any atom is -0.291 e. The number of thioether (sulfide) groups is 1. The van der Waals surface area contributed by atoms with Crippen LogP contribution < -0.4 is 4.72 Å². The Morgan fingerprint density at radius 2 is 1.66 bits per heavy atom. The Labute approximate surface area is 262 Å². The molecule has 44 heavy (non-hydrogen) atoms. The zero-order valence-corrected chi connectivity index (χ0v) is 26.5. The highest BCUT2D eigenvalue weighted by Crippen LogP contribution is 2.38. The quantitative estimate of drug-likeness (QED) is 0.106. The number of carbonyl (C=O) groups excluding carboxylic acids is 1. The number of imidazole rings is 1. The van der Waals surface area contributed by atoms with E-state index >= 15 is 0 Å². The fourth-order valence-corrected chi connectivity index (χ4v) is 6.59. The second-order valence-corrected chi connectivity index (χ2v) is 14.0. The first kappa shape index (κ1) is 33.3. The van der Waals surface area contributed by atoms with Crippen molar-refractivity contribution in [1.29, 1.82) is 0 Å². The van der Waals surface area contributed by atoms with Crippen molar-refractivity contribution in [2.45, 2.75) is 55.1 Å². The molecule has 0 bridgehead atoms. The fraction of sp³-hybridized carbons (Fsp3) is 0.267. The largest absolute Gasteiger partial charge is 0.346 e. The van der Waals surface area contributed by atoms with Crippen molar-refractivity contribution in [2.24, 2.45) is 0 Å². The first-order valence-electron chi connectivity index (χ1n) is 13.2. The van der Waals surface area contributed by atoms with Crippen LogP contribution in [0.3, 0.4) is 0 Å². The molecule has 14 heteroatoms. The van der Waals surface area contributed by atoms with Gasteiger partial charge < -0.3 is 0 Å². The molecule has 1 aromatic heterocycles. The molecule has 2 amide bonds. The predicted molar refractivity (Wildman–Crippen MR) is 162 cm³/mol. The number of rotatable bonds is 10. The number of hydrogen-bond donors (Lipinski definition) is 1. The van der Waals surface area contributed by atoms with Crippen LogP contribution in [0.5, 0.6) is 0 Å². The van der Waals surface area contributed by atoms with Gasteiger partial charge in [-0.05, 0) is 61.9 Å². The third-order valence-corrected chi connectivity index (χ3v) is 10.3. The van der Waals surface area contributed by atoms with Gasteiger partial charge in [-0.1, -0.05) is 55.9 Å². The number of halogens is 5. The van der Waals surface area contributed by atoms with Gasteiger partial charge in [-0.15, -0.1) is 0 Å². The molecule has 7 nitrogen and oxygen atoms in total. The number of nitrogens with one attached hydrogen (secondary N) is 1. The summed E-state index contributed by atoms with van der Waals surface area (Å²) >= 11 is 7.53. The lowest BCUT2D eigenvalue weighted by atomic mass is 9.81. The zero-order chi connectivity index (χ0) is 32.4. The molecule has 0 saturated heterocycles. The minimum atomic E-state index is -4.18. The number of nitrogens with zero attached hydrogens (tertiary/aromatic N) is 3. The van der Waals surface area contributed by atoms with Gasteiger partial charge >= 0.3 is 6.03 Å². The summed E-state index contributed by atoms with van der Waals surface area (Å²) in [7, 11) is -4.18. The average Bonchev–Trinajstić information content (AvgIpc) is 3.41. The molecule has 0 unspecified atom stereocenters. The van der Waals surface area contributed by atoms with E-state index in [9.17, 15) is 30.8 Å². The van der Waals surface area contributed by atoms with Crippen LogP contribution in [0.1, 0.15) is 50.9 Å². The van der Waals surface area contributed by atoms with E-state index in [1.165, 1.54) is 66.4 Å². The maximum absolute atomic E-state index is 14.6. The number of carbonyl (C=O) groups is 1. The number of aromatic nitrogens is 2. The highest BCUT2D eigenvalue weighted by molar-refractivity contribution is 7.99. The zero-order valence-electron chi connectivity index (χ0n) is 24.1. The molecule has 1 heterocycles. The van der Waals surface area contributed by atoms with E-state index < -0.39 is 50.6 Å². The van der Waals surface area contributed by atoms with Gasteiger partial charge in [0.05, 0.1) is 27.9 Å². The summed E-state index contributed by atoms with van der Waals surface area (Å²) in [5.74, 6) is -1.38. The molecule has 0 aliphatic carbocycles. The van der Waals surface area contributed by atoms with Crippen molar-refractivity contribution in [1.82, 2.24) is 18.7 Å². The van der Waals surface area contributed by atoms with Gasteiger partial charge in [0.25, 0.3) is 16.4 Å². The van der Waals surface area contributed by atoms with E-state index in [2.05, 4.69) is 4.98 Å². The SMILES string of the molecule is CC(C)(c1ccc(C(F)F)c(F)c1)c1cnc(SCC(C)(C)N(Cl)C(=O)NS(=O)(=O)c2ccccc2)n1-c1ccc(F)cc1. The lowest BCUT2D eigenvalue weighted by Crippen LogP contribution is -2.49. The molecule has 1 N–H and O–H groups in total. The summed E-state index contributed by atoms with van der Waals surface area (Å²) in [6, 6.07) is 15.4. The standard InChI is InChI=1S/C30H29ClF4N4O3S2/c1-29(2,39(31)27(40)37-44(41,42)22-8-6-5-7-9-22)18-43-28-36-17-25(38(28)21-13-11-20(32)12-14-21)30(3,4)19-10-15-23(26(34)35)24(33)16-19/h5-17,26H,18H2,1-4H3,(H,37,40). The van der Waals surface area contributed by atoms with Gasteiger partial charge in [-0.2, -0.15) is 0 Å². The van der Waals surface area contributed by atoms with Gasteiger partial charge in [0.15, 0.2) is 5.16 Å². The van der Waals surface area contributed by atoms with E-state index in [0.29, 0.717) is 22.1 Å². The van der Waals surface area contributed by atoms with Gasteiger partial charge in [-0.25, -0.2) is 44.9 Å². The van der Waals surface area contributed by atoms with Crippen LogP contribution in [0.4, 0.5) is 22.4 Å². The highest BCUT2D eigenvalue weighted by Gasteiger charge is 2.35. The van der Waals surface area contributed by atoms with Crippen LogP contribution in [0.15, 0.2) is 89.0 Å². The molecule has 0 radical (unpaired) electrons. The monoisotopic (exact) mass is 668 g/mol. The number of urea groups is 1. The third-order valence-electron chi connectivity index (χ3n) is 6.95. The maximum atomic E-state index is 14.6. The van der Waals surface area contributed by atoms with E-state index in [0.717, 1.165) is 16.6 Å². The summed E-state index contributed by atoms with van der Waals surface area (Å²) < 4.78 is 84.5. The Morgan fingerprint density at radius 1 is 1.02 bits per heavy atom.